The van der Waals surface area contributed by atoms with Crippen molar-refractivity contribution in [2.24, 2.45) is 0 Å². The molecule has 0 fully saturated rings. The highest BCUT2D eigenvalue weighted by molar-refractivity contribution is 5.85. The minimum Gasteiger partial charge on any atom is -0.506 e. The minimum atomic E-state index is 0. The number of para-hydroxylation sites is 2. The number of nitrogens with zero attached hydrogens (tertiary/aromatic N) is 1. The van der Waals surface area contributed by atoms with Crippen molar-refractivity contribution in [1.82, 2.24) is 4.90 Å². The molecule has 0 heterocycles. The summed E-state index contributed by atoms with van der Waals surface area (Å²) in [6.45, 7) is 1.61. The lowest BCUT2D eigenvalue weighted by Crippen LogP contribution is -2.15. The molecule has 92 valence electrons. The van der Waals surface area contributed by atoms with Gasteiger partial charge in [0, 0.05) is 0 Å². The molecular formula is C11H19ClN2O2. The minimum absolute atomic E-state index is 0. The van der Waals surface area contributed by atoms with Crippen LogP contribution in [0.5, 0.6) is 5.75 Å². The molecule has 0 spiro atoms. The molecule has 0 aliphatic carbocycles. The van der Waals surface area contributed by atoms with E-state index in [1.807, 2.05) is 20.2 Å². The van der Waals surface area contributed by atoms with Gasteiger partial charge in [0.05, 0.1) is 6.61 Å². The quantitative estimate of drug-likeness (QED) is 0.459. The van der Waals surface area contributed by atoms with Crippen LogP contribution >= 0.6 is 12.4 Å². The van der Waals surface area contributed by atoms with Crippen molar-refractivity contribution in [2.45, 2.75) is 6.42 Å². The van der Waals surface area contributed by atoms with Crippen LogP contribution in [0.1, 0.15) is 6.42 Å². The average Bonchev–Trinajstić information content (AvgIpc) is 2.20. The van der Waals surface area contributed by atoms with E-state index in [-0.39, 0.29) is 18.2 Å². The Balaban J connectivity index is 0.00000225. The van der Waals surface area contributed by atoms with Crippen LogP contribution in [0, 0.1) is 0 Å². The highest BCUT2D eigenvalue weighted by Crippen LogP contribution is 2.21. The molecule has 0 aromatic heterocycles. The monoisotopic (exact) mass is 246 g/mol. The van der Waals surface area contributed by atoms with Crippen molar-refractivity contribution in [3.05, 3.63) is 24.3 Å². The Morgan fingerprint density at radius 3 is 2.62 bits per heavy atom. The van der Waals surface area contributed by atoms with Gasteiger partial charge >= 0.3 is 0 Å². The summed E-state index contributed by atoms with van der Waals surface area (Å²) in [5.74, 6) is 0.199. The molecule has 1 rings (SSSR count). The van der Waals surface area contributed by atoms with Gasteiger partial charge in [0.25, 0.3) is 0 Å². The lowest BCUT2D eigenvalue weighted by molar-refractivity contribution is 0.179. The second-order valence-electron chi connectivity index (χ2n) is 3.62. The summed E-state index contributed by atoms with van der Waals surface area (Å²) in [7, 11) is 4.05. The Labute approximate surface area is 103 Å². The fourth-order valence-corrected chi connectivity index (χ4v) is 1.14. The summed E-state index contributed by atoms with van der Waals surface area (Å²) in [6.07, 6.45) is 0.952. The van der Waals surface area contributed by atoms with Gasteiger partial charge in [-0.05, 0) is 39.2 Å². The molecule has 0 saturated carbocycles. The number of phenolic OH excluding ortho intramolecular Hbond substituents is 1. The van der Waals surface area contributed by atoms with Crippen LogP contribution in [0.25, 0.3) is 0 Å². The molecule has 1 aromatic rings. The molecule has 0 atom stereocenters. The predicted molar refractivity (Wildman–Crippen MR) is 68.1 cm³/mol. The maximum Gasteiger partial charge on any atom is 0.140 e. The SMILES string of the molecule is CN(C)CCCONc1ccccc1O.Cl. The van der Waals surface area contributed by atoms with Gasteiger partial charge < -0.3 is 10.0 Å². The average molecular weight is 247 g/mol. The number of hydrogen-bond donors (Lipinski definition) is 2. The number of aromatic hydroxyl groups is 1. The van der Waals surface area contributed by atoms with Crippen LogP contribution in [-0.2, 0) is 4.84 Å². The van der Waals surface area contributed by atoms with Crippen molar-refractivity contribution in [3.63, 3.8) is 0 Å². The Bertz CT molecular complexity index is 295. The molecule has 0 saturated heterocycles. The topological polar surface area (TPSA) is 44.7 Å². The normalized spacial score (nSPS) is 9.94. The molecular weight excluding hydrogens is 228 g/mol. The van der Waals surface area contributed by atoms with E-state index in [0.29, 0.717) is 12.3 Å². The van der Waals surface area contributed by atoms with Gasteiger partial charge in [0.1, 0.15) is 11.4 Å². The number of phenols is 1. The molecule has 2 N–H and O–H groups in total. The van der Waals surface area contributed by atoms with E-state index in [2.05, 4.69) is 10.4 Å². The van der Waals surface area contributed by atoms with Gasteiger partial charge in [-0.2, -0.15) is 0 Å². The third kappa shape index (κ3) is 5.80. The maximum atomic E-state index is 9.40. The van der Waals surface area contributed by atoms with Crippen LogP contribution < -0.4 is 5.48 Å². The first-order valence-electron chi connectivity index (χ1n) is 5.00. The molecule has 5 heteroatoms. The highest BCUT2D eigenvalue weighted by Gasteiger charge is 1.97. The zero-order valence-corrected chi connectivity index (χ0v) is 10.5. The maximum absolute atomic E-state index is 9.40. The number of anilines is 1. The molecule has 16 heavy (non-hydrogen) atoms. The van der Waals surface area contributed by atoms with Gasteiger partial charge in [-0.3, -0.25) is 10.3 Å². The number of halogens is 1. The van der Waals surface area contributed by atoms with E-state index in [1.165, 1.54) is 0 Å². The Kier molecular flexibility index (Phi) is 7.72. The van der Waals surface area contributed by atoms with Crippen LogP contribution in [0.4, 0.5) is 5.69 Å². The van der Waals surface area contributed by atoms with Gasteiger partial charge in [0.15, 0.2) is 0 Å². The first-order chi connectivity index (χ1) is 7.20. The van der Waals surface area contributed by atoms with E-state index >= 15 is 0 Å². The largest absolute Gasteiger partial charge is 0.506 e. The number of hydrogen-bond acceptors (Lipinski definition) is 4. The van der Waals surface area contributed by atoms with E-state index in [4.69, 9.17) is 4.84 Å². The smallest absolute Gasteiger partial charge is 0.140 e. The van der Waals surface area contributed by atoms with Crippen molar-refractivity contribution >= 4 is 18.1 Å². The molecule has 0 amide bonds. The van der Waals surface area contributed by atoms with Crippen LogP contribution in [-0.4, -0.2) is 37.3 Å². The predicted octanol–water partition coefficient (Wildman–Crippen LogP) is 2.11. The van der Waals surface area contributed by atoms with Crippen molar-refractivity contribution in [1.29, 1.82) is 0 Å². The van der Waals surface area contributed by atoms with E-state index in [0.717, 1.165) is 13.0 Å². The summed E-state index contributed by atoms with van der Waals surface area (Å²) in [4.78, 5) is 7.31. The zero-order chi connectivity index (χ0) is 11.1. The van der Waals surface area contributed by atoms with Crippen LogP contribution in [0.15, 0.2) is 24.3 Å². The lowest BCUT2D eigenvalue weighted by atomic mass is 10.3. The second-order valence-corrected chi connectivity index (χ2v) is 3.62. The number of nitrogens with one attached hydrogen (secondary N) is 1. The third-order valence-corrected chi connectivity index (χ3v) is 1.94. The molecule has 0 unspecified atom stereocenters. The molecule has 4 nitrogen and oxygen atoms in total. The third-order valence-electron chi connectivity index (χ3n) is 1.94. The van der Waals surface area contributed by atoms with Crippen molar-refractivity contribution in [3.8, 4) is 5.75 Å². The van der Waals surface area contributed by atoms with E-state index < -0.39 is 0 Å². The highest BCUT2D eigenvalue weighted by atomic mass is 35.5. The zero-order valence-electron chi connectivity index (χ0n) is 9.64. The van der Waals surface area contributed by atoms with Crippen LogP contribution in [0.2, 0.25) is 0 Å². The van der Waals surface area contributed by atoms with Gasteiger partial charge in [-0.15, -0.1) is 12.4 Å². The number of rotatable bonds is 6. The molecule has 0 aliphatic heterocycles. The Morgan fingerprint density at radius 1 is 1.31 bits per heavy atom. The number of benzene rings is 1. The standard InChI is InChI=1S/C11H18N2O2.ClH/c1-13(2)8-5-9-15-12-10-6-3-4-7-11(10)14;/h3-4,6-7,12,14H,5,8-9H2,1-2H3;1H. The fraction of sp³-hybridized carbons (Fsp3) is 0.455. The van der Waals surface area contributed by atoms with Gasteiger partial charge in [-0.25, -0.2) is 0 Å². The first kappa shape index (κ1) is 15.0. The summed E-state index contributed by atoms with van der Waals surface area (Å²) >= 11 is 0. The van der Waals surface area contributed by atoms with Crippen molar-refractivity contribution in [2.75, 3.05) is 32.7 Å². The van der Waals surface area contributed by atoms with E-state index in [9.17, 15) is 5.11 Å². The van der Waals surface area contributed by atoms with Crippen molar-refractivity contribution < 1.29 is 9.94 Å². The molecule has 0 bridgehead atoms. The first-order valence-corrected chi connectivity index (χ1v) is 5.00. The van der Waals surface area contributed by atoms with Gasteiger partial charge in [0.2, 0.25) is 0 Å². The summed E-state index contributed by atoms with van der Waals surface area (Å²) in [5.41, 5.74) is 3.32. The molecule has 0 radical (unpaired) electrons. The summed E-state index contributed by atoms with van der Waals surface area (Å²) in [6, 6.07) is 6.99. The van der Waals surface area contributed by atoms with E-state index in [1.54, 1.807) is 18.2 Å². The lowest BCUT2D eigenvalue weighted by Gasteiger charge is -2.10. The summed E-state index contributed by atoms with van der Waals surface area (Å²) < 4.78 is 0. The Hall–Kier alpha value is -0.970. The molecule has 1 aromatic carbocycles. The second kappa shape index (κ2) is 8.21. The van der Waals surface area contributed by atoms with Gasteiger partial charge in [-0.1, -0.05) is 12.1 Å². The summed E-state index contributed by atoms with van der Waals surface area (Å²) in [5, 5.41) is 9.40. The fourth-order valence-electron chi connectivity index (χ4n) is 1.14. The van der Waals surface area contributed by atoms with Crippen LogP contribution in [0.3, 0.4) is 0 Å². The molecule has 0 aliphatic rings. The Morgan fingerprint density at radius 2 is 2.00 bits per heavy atom.